The summed E-state index contributed by atoms with van der Waals surface area (Å²) in [6, 6.07) is 0. The number of H-pyrrole nitrogens is 1. The molecule has 3 heterocycles. The minimum atomic E-state index is -0.0462. The van der Waals surface area contributed by atoms with Crippen molar-refractivity contribution in [2.75, 3.05) is 13.2 Å². The number of hydrogen-bond acceptors (Lipinski definition) is 4. The Morgan fingerprint density at radius 2 is 1.91 bits per heavy atom. The van der Waals surface area contributed by atoms with E-state index >= 15 is 0 Å². The summed E-state index contributed by atoms with van der Waals surface area (Å²) in [5.41, 5.74) is 1.47. The Balaban J connectivity index is 1.85. The number of imidazole rings is 1. The molecule has 1 saturated carbocycles. The molecule has 1 aliphatic carbocycles. The summed E-state index contributed by atoms with van der Waals surface area (Å²) in [6.45, 7) is 3.53. The van der Waals surface area contributed by atoms with E-state index < -0.39 is 0 Å². The Morgan fingerprint density at radius 3 is 2.61 bits per heavy atom. The topological polar surface area (TPSA) is 72.3 Å². The maximum Gasteiger partial charge on any atom is 0.277 e. The SMILES string of the molecule is CCc1nc(C2CCCC2)n2nc(C3CCOCC3)[nH]c(=O)c12. The first-order valence-corrected chi connectivity index (χ1v) is 8.87. The van der Waals surface area contributed by atoms with Crippen molar-refractivity contribution < 1.29 is 4.74 Å². The molecule has 1 saturated heterocycles. The number of hydrogen-bond donors (Lipinski definition) is 1. The summed E-state index contributed by atoms with van der Waals surface area (Å²) >= 11 is 0. The van der Waals surface area contributed by atoms with Gasteiger partial charge in [0.15, 0.2) is 5.52 Å². The lowest BCUT2D eigenvalue weighted by molar-refractivity contribution is 0.0832. The molecule has 0 bridgehead atoms. The number of aromatic nitrogens is 4. The molecule has 1 N–H and O–H groups in total. The Kier molecular flexibility index (Phi) is 3.93. The summed E-state index contributed by atoms with van der Waals surface area (Å²) in [6.07, 6.45) is 7.41. The lowest BCUT2D eigenvalue weighted by atomic mass is 10.00. The third kappa shape index (κ3) is 2.59. The van der Waals surface area contributed by atoms with Gasteiger partial charge in [0.1, 0.15) is 11.6 Å². The Hall–Kier alpha value is -1.69. The molecule has 6 heteroatoms. The zero-order valence-corrected chi connectivity index (χ0v) is 13.7. The molecule has 4 rings (SSSR count). The number of aromatic amines is 1. The van der Waals surface area contributed by atoms with Crippen LogP contribution in [0.3, 0.4) is 0 Å². The molecule has 124 valence electrons. The molecule has 2 aromatic heterocycles. The molecule has 0 aromatic carbocycles. The van der Waals surface area contributed by atoms with E-state index in [0.29, 0.717) is 11.4 Å². The fraction of sp³-hybridized carbons (Fsp3) is 0.706. The monoisotopic (exact) mass is 316 g/mol. The molecule has 2 fully saturated rings. The highest BCUT2D eigenvalue weighted by Crippen LogP contribution is 2.34. The van der Waals surface area contributed by atoms with Gasteiger partial charge in [-0.15, -0.1) is 0 Å². The summed E-state index contributed by atoms with van der Waals surface area (Å²) < 4.78 is 7.29. The van der Waals surface area contributed by atoms with E-state index in [1.807, 2.05) is 11.4 Å². The second-order valence-corrected chi connectivity index (χ2v) is 6.74. The second-order valence-electron chi connectivity index (χ2n) is 6.74. The molecule has 1 aliphatic heterocycles. The number of nitrogens with one attached hydrogen (secondary N) is 1. The van der Waals surface area contributed by atoms with Crippen LogP contribution in [-0.2, 0) is 11.2 Å². The predicted molar refractivity (Wildman–Crippen MR) is 87.0 cm³/mol. The lowest BCUT2D eigenvalue weighted by Crippen LogP contribution is -2.23. The number of aryl methyl sites for hydroxylation is 1. The van der Waals surface area contributed by atoms with Crippen LogP contribution in [-0.4, -0.2) is 32.8 Å². The van der Waals surface area contributed by atoms with E-state index in [-0.39, 0.29) is 11.5 Å². The molecule has 2 aromatic rings. The van der Waals surface area contributed by atoms with Gasteiger partial charge < -0.3 is 9.72 Å². The smallest absolute Gasteiger partial charge is 0.277 e. The Bertz CT molecular complexity index is 752. The van der Waals surface area contributed by atoms with Crippen molar-refractivity contribution in [3.63, 3.8) is 0 Å². The van der Waals surface area contributed by atoms with E-state index in [9.17, 15) is 4.79 Å². The van der Waals surface area contributed by atoms with Gasteiger partial charge in [-0.1, -0.05) is 19.8 Å². The average molecular weight is 316 g/mol. The highest BCUT2D eigenvalue weighted by Gasteiger charge is 2.27. The molecular weight excluding hydrogens is 292 g/mol. The first-order chi connectivity index (χ1) is 11.3. The van der Waals surface area contributed by atoms with Gasteiger partial charge in [0.25, 0.3) is 5.56 Å². The number of nitrogens with zero attached hydrogens (tertiary/aromatic N) is 3. The van der Waals surface area contributed by atoms with Crippen molar-refractivity contribution in [2.24, 2.45) is 0 Å². The molecule has 23 heavy (non-hydrogen) atoms. The van der Waals surface area contributed by atoms with Gasteiger partial charge in [0.05, 0.1) is 5.69 Å². The standard InChI is InChI=1S/C17H24N4O2/c1-2-13-14-17(22)19-15(11-7-9-23-10-8-11)20-21(14)16(18-13)12-5-3-4-6-12/h11-12H,2-10H2,1H3,(H,19,20,22). The van der Waals surface area contributed by atoms with Gasteiger partial charge in [-0.05, 0) is 32.1 Å². The van der Waals surface area contributed by atoms with Crippen LogP contribution < -0.4 is 5.56 Å². The number of fused-ring (bicyclic) bond motifs is 1. The van der Waals surface area contributed by atoms with Crippen LogP contribution in [0.15, 0.2) is 4.79 Å². The van der Waals surface area contributed by atoms with Crippen LogP contribution in [0.2, 0.25) is 0 Å². The molecule has 0 radical (unpaired) electrons. The zero-order chi connectivity index (χ0) is 15.8. The van der Waals surface area contributed by atoms with Gasteiger partial charge >= 0.3 is 0 Å². The van der Waals surface area contributed by atoms with Crippen LogP contribution in [0.5, 0.6) is 0 Å². The van der Waals surface area contributed by atoms with E-state index in [2.05, 4.69) is 4.98 Å². The van der Waals surface area contributed by atoms with Gasteiger partial charge in [-0.25, -0.2) is 9.50 Å². The lowest BCUT2D eigenvalue weighted by Gasteiger charge is -2.21. The predicted octanol–water partition coefficient (Wildman–Crippen LogP) is 2.53. The van der Waals surface area contributed by atoms with Crippen LogP contribution in [0.1, 0.15) is 74.6 Å². The second kappa shape index (κ2) is 6.07. The van der Waals surface area contributed by atoms with Gasteiger partial charge in [0.2, 0.25) is 0 Å². The highest BCUT2D eigenvalue weighted by molar-refractivity contribution is 5.51. The Labute approximate surface area is 135 Å². The maximum atomic E-state index is 12.7. The van der Waals surface area contributed by atoms with Crippen molar-refractivity contribution in [1.29, 1.82) is 0 Å². The third-order valence-electron chi connectivity index (χ3n) is 5.28. The minimum absolute atomic E-state index is 0.0462. The number of rotatable bonds is 3. The molecule has 0 unspecified atom stereocenters. The largest absolute Gasteiger partial charge is 0.381 e. The molecule has 2 aliphatic rings. The van der Waals surface area contributed by atoms with E-state index in [1.54, 1.807) is 0 Å². The van der Waals surface area contributed by atoms with E-state index in [1.165, 1.54) is 12.8 Å². The van der Waals surface area contributed by atoms with Gasteiger partial charge in [-0.3, -0.25) is 4.79 Å². The first kappa shape index (κ1) is 14.9. The van der Waals surface area contributed by atoms with Crippen molar-refractivity contribution in [1.82, 2.24) is 19.6 Å². The van der Waals surface area contributed by atoms with Crippen molar-refractivity contribution >= 4 is 5.52 Å². The maximum absolute atomic E-state index is 12.7. The fourth-order valence-corrected chi connectivity index (χ4v) is 3.96. The summed E-state index contributed by atoms with van der Waals surface area (Å²) in [4.78, 5) is 20.5. The average Bonchev–Trinajstić information content (AvgIpc) is 3.22. The minimum Gasteiger partial charge on any atom is -0.381 e. The zero-order valence-electron chi connectivity index (χ0n) is 13.7. The molecular formula is C17H24N4O2. The summed E-state index contributed by atoms with van der Waals surface area (Å²) in [5.74, 6) is 2.52. The van der Waals surface area contributed by atoms with Gasteiger partial charge in [-0.2, -0.15) is 5.10 Å². The van der Waals surface area contributed by atoms with E-state index in [4.69, 9.17) is 14.8 Å². The highest BCUT2D eigenvalue weighted by atomic mass is 16.5. The van der Waals surface area contributed by atoms with Gasteiger partial charge in [0, 0.05) is 25.0 Å². The van der Waals surface area contributed by atoms with Crippen molar-refractivity contribution in [3.05, 3.63) is 27.7 Å². The quantitative estimate of drug-likeness (QED) is 0.944. The molecule has 0 atom stereocenters. The van der Waals surface area contributed by atoms with Crippen LogP contribution in [0.25, 0.3) is 5.52 Å². The molecule has 0 amide bonds. The Morgan fingerprint density at radius 1 is 1.17 bits per heavy atom. The summed E-state index contributed by atoms with van der Waals surface area (Å²) in [7, 11) is 0. The summed E-state index contributed by atoms with van der Waals surface area (Å²) in [5, 5.41) is 4.82. The van der Waals surface area contributed by atoms with Crippen LogP contribution in [0.4, 0.5) is 0 Å². The third-order valence-corrected chi connectivity index (χ3v) is 5.28. The van der Waals surface area contributed by atoms with E-state index in [0.717, 1.165) is 62.7 Å². The normalized spacial score (nSPS) is 20.6. The molecule has 0 spiro atoms. The first-order valence-electron chi connectivity index (χ1n) is 8.87. The fourth-order valence-electron chi connectivity index (χ4n) is 3.96. The van der Waals surface area contributed by atoms with Crippen molar-refractivity contribution in [3.8, 4) is 0 Å². The van der Waals surface area contributed by atoms with Crippen LogP contribution >= 0.6 is 0 Å². The van der Waals surface area contributed by atoms with Crippen LogP contribution in [0, 0.1) is 0 Å². The molecule has 6 nitrogen and oxygen atoms in total. The van der Waals surface area contributed by atoms with Crippen molar-refractivity contribution in [2.45, 2.75) is 63.7 Å². The number of ether oxygens (including phenoxy) is 1.